The lowest BCUT2D eigenvalue weighted by molar-refractivity contribution is -0.714. The molecule has 0 aromatic carbocycles. The van der Waals surface area contributed by atoms with Gasteiger partial charge in [-0.05, 0) is 38.0 Å². The van der Waals surface area contributed by atoms with E-state index in [0.717, 1.165) is 37.0 Å². The monoisotopic (exact) mass is 226 g/mol. The Kier molecular flexibility index (Phi) is 1.70. The number of aliphatic hydroxyl groups is 1. The molecule has 4 saturated carbocycles. The highest BCUT2D eigenvalue weighted by Gasteiger charge is 2.65. The fourth-order valence-corrected chi connectivity index (χ4v) is 6.76. The molecule has 5 rings (SSSR count). The second kappa shape index (κ2) is 2.74. The van der Waals surface area contributed by atoms with E-state index in [-0.39, 0.29) is 5.60 Å². The maximum absolute atomic E-state index is 10.5. The van der Waals surface area contributed by atoms with E-state index in [0.29, 0.717) is 4.87 Å². The summed E-state index contributed by atoms with van der Waals surface area (Å²) in [4.78, 5) is 0.503. The number of hydrogen-bond acceptors (Lipinski definition) is 2. The maximum Gasteiger partial charge on any atom is 0.149 e. The van der Waals surface area contributed by atoms with E-state index >= 15 is 0 Å². The lowest BCUT2D eigenvalue weighted by Gasteiger charge is -2.60. The van der Waals surface area contributed by atoms with Gasteiger partial charge in [0.15, 0.2) is 0 Å². The first-order chi connectivity index (χ1) is 7.20. The normalized spacial score (nSPS) is 61.8. The largest absolute Gasteiger partial charge is 0.390 e. The van der Waals surface area contributed by atoms with Crippen LogP contribution in [-0.2, 0) is 0 Å². The zero-order chi connectivity index (χ0) is 10.1. The number of thioether (sulfide) groups is 1. The van der Waals surface area contributed by atoms with Crippen LogP contribution in [0.3, 0.4) is 0 Å². The molecule has 4 aliphatic carbocycles. The Hall–Kier alpha value is 0.270. The van der Waals surface area contributed by atoms with Crippen LogP contribution in [-0.4, -0.2) is 27.9 Å². The van der Waals surface area contributed by atoms with Crippen LogP contribution in [0.1, 0.15) is 32.1 Å². The van der Waals surface area contributed by atoms with Gasteiger partial charge in [-0.25, -0.2) is 0 Å². The second-order valence-electron chi connectivity index (χ2n) is 6.26. The van der Waals surface area contributed by atoms with Gasteiger partial charge < -0.3 is 10.4 Å². The fourth-order valence-electron chi connectivity index (χ4n) is 5.11. The molecule has 84 valence electrons. The second-order valence-corrected chi connectivity index (χ2v) is 7.67. The Morgan fingerprint density at radius 3 is 2.40 bits per heavy atom. The minimum atomic E-state index is -0.251. The number of quaternary nitrogens is 1. The topological polar surface area (TPSA) is 36.8 Å². The molecule has 2 atom stereocenters. The number of nitrogens with two attached hydrogens (primary N) is 1. The van der Waals surface area contributed by atoms with Gasteiger partial charge in [-0.2, -0.15) is 0 Å². The first-order valence-electron chi connectivity index (χ1n) is 6.41. The van der Waals surface area contributed by atoms with E-state index in [1.165, 1.54) is 25.1 Å². The average Bonchev–Trinajstić information content (AvgIpc) is 2.61. The van der Waals surface area contributed by atoms with Crippen LogP contribution in [0.2, 0.25) is 0 Å². The summed E-state index contributed by atoms with van der Waals surface area (Å²) in [7, 11) is 0. The average molecular weight is 226 g/mol. The molecule has 0 amide bonds. The van der Waals surface area contributed by atoms with Crippen molar-refractivity contribution in [2.24, 2.45) is 17.8 Å². The van der Waals surface area contributed by atoms with Gasteiger partial charge in [-0.15, -0.1) is 0 Å². The van der Waals surface area contributed by atoms with Gasteiger partial charge in [0.25, 0.3) is 0 Å². The molecule has 1 aliphatic heterocycles. The van der Waals surface area contributed by atoms with Crippen LogP contribution in [0.4, 0.5) is 0 Å². The molecular weight excluding hydrogens is 206 g/mol. The molecular formula is C12H20NOS+. The zero-order valence-corrected chi connectivity index (χ0v) is 9.93. The molecule has 5 fully saturated rings. The summed E-state index contributed by atoms with van der Waals surface area (Å²) in [6.45, 7) is 1.31. The lowest BCUT2D eigenvalue weighted by atomic mass is 9.52. The highest BCUT2D eigenvalue weighted by molar-refractivity contribution is 8.00. The molecule has 0 aromatic rings. The van der Waals surface area contributed by atoms with Gasteiger partial charge in [0.1, 0.15) is 4.87 Å². The summed E-state index contributed by atoms with van der Waals surface area (Å²) < 4.78 is 0. The number of hydrogen-bond donors (Lipinski definition) is 2. The van der Waals surface area contributed by atoms with Crippen LogP contribution in [0.25, 0.3) is 0 Å². The molecule has 1 saturated heterocycles. The van der Waals surface area contributed by atoms with E-state index < -0.39 is 0 Å². The van der Waals surface area contributed by atoms with Gasteiger partial charge >= 0.3 is 0 Å². The standard InChI is InChI=1S/C12H19NOS/c14-11-5-8-3-9(6-11)12(10(4-8)7-11)13-1-2-15-12/h8-10,13-14H,1-7H2/p+1/t8?,9-,10-,11?,12?/m1/s1. The van der Waals surface area contributed by atoms with Crippen LogP contribution in [0, 0.1) is 17.8 Å². The van der Waals surface area contributed by atoms with Crippen molar-refractivity contribution >= 4 is 11.8 Å². The highest BCUT2D eigenvalue weighted by Crippen LogP contribution is 2.62. The van der Waals surface area contributed by atoms with Crippen molar-refractivity contribution in [3.63, 3.8) is 0 Å². The summed E-state index contributed by atoms with van der Waals surface area (Å²) in [5.41, 5.74) is -0.251. The molecule has 0 aromatic heterocycles. The molecule has 15 heavy (non-hydrogen) atoms. The third-order valence-corrected chi connectivity index (χ3v) is 7.14. The van der Waals surface area contributed by atoms with Crippen molar-refractivity contribution in [3.8, 4) is 0 Å². The van der Waals surface area contributed by atoms with Crippen LogP contribution in [0.15, 0.2) is 0 Å². The molecule has 3 N–H and O–H groups in total. The highest BCUT2D eigenvalue weighted by atomic mass is 32.2. The van der Waals surface area contributed by atoms with E-state index in [2.05, 4.69) is 17.1 Å². The van der Waals surface area contributed by atoms with Gasteiger partial charge in [0.2, 0.25) is 0 Å². The quantitative estimate of drug-likeness (QED) is 0.633. The molecule has 5 aliphatic rings. The predicted molar refractivity (Wildman–Crippen MR) is 60.5 cm³/mol. The van der Waals surface area contributed by atoms with Crippen LogP contribution < -0.4 is 5.32 Å². The Morgan fingerprint density at radius 1 is 1.13 bits per heavy atom. The SMILES string of the molecule is OC12CC3C[C@H](C1)C1([NH2+]CCS1)[C@H](C3)C2. The molecule has 1 spiro atoms. The Morgan fingerprint density at radius 2 is 1.87 bits per heavy atom. The van der Waals surface area contributed by atoms with Crippen molar-refractivity contribution in [1.29, 1.82) is 0 Å². The maximum atomic E-state index is 10.5. The lowest BCUT2D eigenvalue weighted by Crippen LogP contribution is -2.98. The smallest absolute Gasteiger partial charge is 0.149 e. The molecule has 3 heteroatoms. The first-order valence-corrected chi connectivity index (χ1v) is 7.39. The first kappa shape index (κ1) is 9.32. The molecule has 0 unspecified atom stereocenters. The van der Waals surface area contributed by atoms with Crippen molar-refractivity contribution in [1.82, 2.24) is 0 Å². The summed E-state index contributed by atoms with van der Waals surface area (Å²) in [6, 6.07) is 0. The van der Waals surface area contributed by atoms with E-state index in [1.807, 2.05) is 0 Å². The Labute approximate surface area is 95.2 Å². The van der Waals surface area contributed by atoms with Gasteiger partial charge in [-0.3, -0.25) is 0 Å². The van der Waals surface area contributed by atoms with Gasteiger partial charge in [0.05, 0.1) is 12.1 Å². The minimum Gasteiger partial charge on any atom is -0.390 e. The van der Waals surface area contributed by atoms with Crippen LogP contribution in [0.5, 0.6) is 0 Å². The summed E-state index contributed by atoms with van der Waals surface area (Å²) in [5, 5.41) is 13.1. The minimum absolute atomic E-state index is 0.251. The number of rotatable bonds is 0. The summed E-state index contributed by atoms with van der Waals surface area (Å²) in [6.07, 6.45) is 6.12. The molecule has 1 heterocycles. The van der Waals surface area contributed by atoms with E-state index in [1.54, 1.807) is 0 Å². The Balaban J connectivity index is 1.75. The van der Waals surface area contributed by atoms with Crippen molar-refractivity contribution < 1.29 is 10.4 Å². The molecule has 4 bridgehead atoms. The van der Waals surface area contributed by atoms with Crippen LogP contribution >= 0.6 is 11.8 Å². The summed E-state index contributed by atoms with van der Waals surface area (Å²) >= 11 is 2.21. The molecule has 2 nitrogen and oxygen atoms in total. The zero-order valence-electron chi connectivity index (χ0n) is 9.11. The van der Waals surface area contributed by atoms with E-state index in [4.69, 9.17) is 0 Å². The summed E-state index contributed by atoms with van der Waals surface area (Å²) in [5.74, 6) is 3.80. The molecule has 0 radical (unpaired) electrons. The Bertz CT molecular complexity index is 282. The third-order valence-electron chi connectivity index (χ3n) is 5.37. The third kappa shape index (κ3) is 1.10. The van der Waals surface area contributed by atoms with Crippen molar-refractivity contribution in [3.05, 3.63) is 0 Å². The van der Waals surface area contributed by atoms with Crippen molar-refractivity contribution in [2.75, 3.05) is 12.3 Å². The predicted octanol–water partition coefficient (Wildman–Crippen LogP) is 0.564. The van der Waals surface area contributed by atoms with E-state index in [9.17, 15) is 5.11 Å². The van der Waals surface area contributed by atoms with Crippen molar-refractivity contribution in [2.45, 2.75) is 42.6 Å². The van der Waals surface area contributed by atoms with Gasteiger partial charge in [0, 0.05) is 17.6 Å². The fraction of sp³-hybridized carbons (Fsp3) is 1.00. The van der Waals surface area contributed by atoms with Gasteiger partial charge in [-0.1, -0.05) is 11.8 Å².